The quantitative estimate of drug-likeness (QED) is 0.646. The van der Waals surface area contributed by atoms with Crippen molar-refractivity contribution in [2.24, 2.45) is 7.05 Å². The standard InChI is InChI=1S/C22H28N6O2/c1-4-30-17-7-8-19-18(12-17)15(2)25-22(26-19)28-11-5-6-20(28)21(29)23-10-9-16-13-24-27(3)14-16/h7-8,12-14,20H,4-6,9-11H2,1-3H3,(H,23,29). The van der Waals surface area contributed by atoms with Crippen LogP contribution in [-0.4, -0.2) is 51.4 Å². The molecule has 0 saturated carbocycles. The number of amides is 1. The highest BCUT2D eigenvalue weighted by atomic mass is 16.5. The maximum atomic E-state index is 12.8. The fourth-order valence-electron chi connectivity index (χ4n) is 3.96. The molecular weight excluding hydrogens is 380 g/mol. The van der Waals surface area contributed by atoms with Crippen molar-refractivity contribution in [2.75, 3.05) is 24.6 Å². The largest absolute Gasteiger partial charge is 0.494 e. The number of ether oxygens (including phenoxy) is 1. The topological polar surface area (TPSA) is 85.2 Å². The van der Waals surface area contributed by atoms with Crippen molar-refractivity contribution in [1.29, 1.82) is 0 Å². The SMILES string of the molecule is CCOc1ccc2nc(N3CCCC3C(=O)NCCc3cnn(C)c3)nc(C)c2c1. The number of nitrogens with zero attached hydrogens (tertiary/aromatic N) is 5. The van der Waals surface area contributed by atoms with Crippen LogP contribution in [0.1, 0.15) is 31.0 Å². The summed E-state index contributed by atoms with van der Waals surface area (Å²) < 4.78 is 7.36. The first-order chi connectivity index (χ1) is 14.5. The zero-order valence-corrected chi connectivity index (χ0v) is 17.8. The highest BCUT2D eigenvalue weighted by molar-refractivity contribution is 5.87. The molecule has 158 valence electrons. The van der Waals surface area contributed by atoms with Gasteiger partial charge in [-0.2, -0.15) is 5.10 Å². The number of nitrogens with one attached hydrogen (secondary N) is 1. The van der Waals surface area contributed by atoms with Crippen molar-refractivity contribution in [2.45, 2.75) is 39.2 Å². The van der Waals surface area contributed by atoms with Crippen molar-refractivity contribution in [3.8, 4) is 5.75 Å². The molecule has 30 heavy (non-hydrogen) atoms. The summed E-state index contributed by atoms with van der Waals surface area (Å²) in [6.45, 7) is 5.93. The van der Waals surface area contributed by atoms with Crippen molar-refractivity contribution in [3.63, 3.8) is 0 Å². The van der Waals surface area contributed by atoms with Crippen LogP contribution in [0.25, 0.3) is 10.9 Å². The number of aromatic nitrogens is 4. The minimum atomic E-state index is -0.238. The Balaban J connectivity index is 1.47. The number of benzene rings is 1. The number of hydrogen-bond acceptors (Lipinski definition) is 6. The molecular formula is C22H28N6O2. The van der Waals surface area contributed by atoms with Gasteiger partial charge in [-0.1, -0.05) is 0 Å². The Kier molecular flexibility index (Phi) is 5.83. The number of carbonyl (C=O) groups excluding carboxylic acids is 1. The molecule has 2 aromatic heterocycles. The van der Waals surface area contributed by atoms with Gasteiger partial charge in [0.2, 0.25) is 11.9 Å². The second-order valence-corrected chi connectivity index (χ2v) is 7.64. The summed E-state index contributed by atoms with van der Waals surface area (Å²) in [6.07, 6.45) is 6.32. The third-order valence-corrected chi connectivity index (χ3v) is 5.44. The minimum absolute atomic E-state index is 0.0319. The molecule has 1 aliphatic rings. The van der Waals surface area contributed by atoms with Crippen LogP contribution in [0.5, 0.6) is 5.75 Å². The third kappa shape index (κ3) is 4.22. The van der Waals surface area contributed by atoms with Crippen LogP contribution in [0, 0.1) is 6.92 Å². The fourth-order valence-corrected chi connectivity index (χ4v) is 3.96. The zero-order valence-electron chi connectivity index (χ0n) is 17.8. The second-order valence-electron chi connectivity index (χ2n) is 7.64. The van der Waals surface area contributed by atoms with E-state index in [1.165, 1.54) is 0 Å². The molecule has 4 rings (SSSR count). The molecule has 8 heteroatoms. The number of hydrogen-bond donors (Lipinski definition) is 1. The molecule has 1 aromatic carbocycles. The number of carbonyl (C=O) groups is 1. The highest BCUT2D eigenvalue weighted by Gasteiger charge is 2.32. The average Bonchev–Trinajstić information content (AvgIpc) is 3.38. The van der Waals surface area contributed by atoms with Gasteiger partial charge in [-0.15, -0.1) is 0 Å². The molecule has 0 bridgehead atoms. The first-order valence-electron chi connectivity index (χ1n) is 10.5. The lowest BCUT2D eigenvalue weighted by Crippen LogP contribution is -2.44. The molecule has 1 unspecified atom stereocenters. The molecule has 0 aliphatic carbocycles. The van der Waals surface area contributed by atoms with Crippen LogP contribution < -0.4 is 15.0 Å². The van der Waals surface area contributed by atoms with Gasteiger partial charge < -0.3 is 15.0 Å². The van der Waals surface area contributed by atoms with Crippen LogP contribution in [-0.2, 0) is 18.3 Å². The number of rotatable bonds is 7. The zero-order chi connectivity index (χ0) is 21.1. The summed E-state index contributed by atoms with van der Waals surface area (Å²) >= 11 is 0. The van der Waals surface area contributed by atoms with E-state index in [-0.39, 0.29) is 11.9 Å². The molecule has 3 heterocycles. The van der Waals surface area contributed by atoms with Gasteiger partial charge in [0.15, 0.2) is 0 Å². The summed E-state index contributed by atoms with van der Waals surface area (Å²) in [7, 11) is 1.89. The fraction of sp³-hybridized carbons (Fsp3) is 0.455. The molecule has 0 radical (unpaired) electrons. The maximum absolute atomic E-state index is 12.8. The van der Waals surface area contributed by atoms with Crippen LogP contribution in [0.3, 0.4) is 0 Å². The molecule has 1 aliphatic heterocycles. The number of anilines is 1. The normalized spacial score (nSPS) is 16.2. The Hall–Kier alpha value is -3.16. The molecule has 1 fully saturated rings. The Morgan fingerprint density at radius 2 is 2.20 bits per heavy atom. The molecule has 1 N–H and O–H groups in total. The molecule has 1 atom stereocenters. The van der Waals surface area contributed by atoms with E-state index < -0.39 is 0 Å². The minimum Gasteiger partial charge on any atom is -0.494 e. The van der Waals surface area contributed by atoms with Gasteiger partial charge in [-0.3, -0.25) is 9.48 Å². The van der Waals surface area contributed by atoms with E-state index in [4.69, 9.17) is 14.7 Å². The summed E-state index contributed by atoms with van der Waals surface area (Å²) in [5.74, 6) is 1.47. The predicted octanol–water partition coefficient (Wildman–Crippen LogP) is 2.40. The van der Waals surface area contributed by atoms with E-state index in [1.54, 1.807) is 4.68 Å². The van der Waals surface area contributed by atoms with Gasteiger partial charge in [0.1, 0.15) is 11.8 Å². The molecule has 1 saturated heterocycles. The Bertz CT molecular complexity index is 1050. The van der Waals surface area contributed by atoms with E-state index in [0.29, 0.717) is 19.1 Å². The van der Waals surface area contributed by atoms with Gasteiger partial charge >= 0.3 is 0 Å². The lowest BCUT2D eigenvalue weighted by atomic mass is 10.2. The van der Waals surface area contributed by atoms with Gasteiger partial charge in [0, 0.05) is 31.7 Å². The van der Waals surface area contributed by atoms with Gasteiger partial charge in [0.25, 0.3) is 0 Å². The summed E-state index contributed by atoms with van der Waals surface area (Å²) in [4.78, 5) is 24.3. The Morgan fingerprint density at radius 1 is 1.33 bits per heavy atom. The molecule has 3 aromatic rings. The van der Waals surface area contributed by atoms with E-state index in [2.05, 4.69) is 10.4 Å². The van der Waals surface area contributed by atoms with E-state index in [0.717, 1.165) is 53.7 Å². The molecule has 0 spiro atoms. The van der Waals surface area contributed by atoms with Crippen LogP contribution in [0.4, 0.5) is 5.95 Å². The van der Waals surface area contributed by atoms with E-state index in [9.17, 15) is 4.79 Å². The van der Waals surface area contributed by atoms with Gasteiger partial charge in [0.05, 0.1) is 24.0 Å². The monoisotopic (exact) mass is 408 g/mol. The molecule has 8 nitrogen and oxygen atoms in total. The van der Waals surface area contributed by atoms with E-state index in [1.807, 2.05) is 56.4 Å². The van der Waals surface area contributed by atoms with Crippen LogP contribution in [0.15, 0.2) is 30.6 Å². The van der Waals surface area contributed by atoms with Crippen LogP contribution >= 0.6 is 0 Å². The summed E-state index contributed by atoms with van der Waals surface area (Å²) in [5, 5.41) is 8.20. The first kappa shape index (κ1) is 20.1. The van der Waals surface area contributed by atoms with Crippen molar-refractivity contribution >= 4 is 22.8 Å². The average molecular weight is 409 g/mol. The lowest BCUT2D eigenvalue weighted by Gasteiger charge is -2.24. The Labute approximate surface area is 176 Å². The van der Waals surface area contributed by atoms with Gasteiger partial charge in [-0.05, 0) is 56.9 Å². The first-order valence-corrected chi connectivity index (χ1v) is 10.5. The van der Waals surface area contributed by atoms with Crippen LogP contribution in [0.2, 0.25) is 0 Å². The summed E-state index contributed by atoms with van der Waals surface area (Å²) in [6, 6.07) is 5.62. The smallest absolute Gasteiger partial charge is 0.242 e. The highest BCUT2D eigenvalue weighted by Crippen LogP contribution is 2.27. The Morgan fingerprint density at radius 3 is 2.97 bits per heavy atom. The maximum Gasteiger partial charge on any atom is 0.242 e. The lowest BCUT2D eigenvalue weighted by molar-refractivity contribution is -0.122. The predicted molar refractivity (Wildman–Crippen MR) is 116 cm³/mol. The number of fused-ring (bicyclic) bond motifs is 1. The van der Waals surface area contributed by atoms with Crippen molar-refractivity contribution in [3.05, 3.63) is 41.9 Å². The number of aryl methyl sites for hydroxylation is 2. The van der Waals surface area contributed by atoms with Gasteiger partial charge in [-0.25, -0.2) is 9.97 Å². The van der Waals surface area contributed by atoms with E-state index >= 15 is 0 Å². The second kappa shape index (κ2) is 8.69. The molecule has 1 amide bonds. The van der Waals surface area contributed by atoms with Crippen molar-refractivity contribution in [1.82, 2.24) is 25.1 Å². The third-order valence-electron chi connectivity index (χ3n) is 5.44. The summed E-state index contributed by atoms with van der Waals surface area (Å²) in [5.41, 5.74) is 2.86. The van der Waals surface area contributed by atoms with Crippen molar-refractivity contribution < 1.29 is 9.53 Å².